The third kappa shape index (κ3) is 3.44. The van der Waals surface area contributed by atoms with Crippen molar-refractivity contribution < 1.29 is 9.32 Å². The fourth-order valence-corrected chi connectivity index (χ4v) is 2.25. The molecule has 0 spiro atoms. The zero-order valence-corrected chi connectivity index (χ0v) is 10.4. The summed E-state index contributed by atoms with van der Waals surface area (Å²) in [5, 5.41) is 6.60. The third-order valence-corrected chi connectivity index (χ3v) is 3.20. The van der Waals surface area contributed by atoms with Crippen LogP contribution in [0.1, 0.15) is 36.2 Å². The molecule has 1 amide bonds. The molecule has 0 saturated heterocycles. The summed E-state index contributed by atoms with van der Waals surface area (Å²) in [7, 11) is 0. The summed E-state index contributed by atoms with van der Waals surface area (Å²) in [5.41, 5.74) is 6.04. The lowest BCUT2D eigenvalue weighted by molar-refractivity contribution is 0.0899. The molecule has 1 aromatic rings. The molecule has 1 heterocycles. The molecule has 96 valence electrons. The summed E-state index contributed by atoms with van der Waals surface area (Å²) in [6.07, 6.45) is 5.86. The lowest BCUT2D eigenvalue weighted by Gasteiger charge is -2.30. The second-order valence-electron chi connectivity index (χ2n) is 4.24. The molecule has 1 aromatic heterocycles. The Hall–Kier alpha value is -1.07. The number of nitrogens with one attached hydrogen (secondary N) is 1. The number of aromatic nitrogens is 1. The van der Waals surface area contributed by atoms with Gasteiger partial charge in [-0.1, -0.05) is 18.0 Å². The monoisotopic (exact) mass is 259 g/mol. The molecule has 2 unspecified atom stereocenters. The molecule has 2 atom stereocenters. The summed E-state index contributed by atoms with van der Waals surface area (Å²) in [6, 6.07) is 1.75. The smallest absolute Gasteiger partial charge is 0.273 e. The van der Waals surface area contributed by atoms with E-state index < -0.39 is 0 Å². The van der Waals surface area contributed by atoms with Crippen LogP contribution in [0, 0.1) is 5.92 Å². The van der Waals surface area contributed by atoms with Crippen molar-refractivity contribution in [2.45, 2.75) is 31.7 Å². The van der Waals surface area contributed by atoms with Crippen LogP contribution in [-0.4, -0.2) is 23.7 Å². The molecule has 3 N–H and O–H groups in total. The second-order valence-corrected chi connectivity index (χ2v) is 4.24. The van der Waals surface area contributed by atoms with E-state index in [1.807, 2.05) is 0 Å². The summed E-state index contributed by atoms with van der Waals surface area (Å²) in [5.74, 6) is 0.226. The number of nitrogens with zero attached hydrogens (tertiary/aromatic N) is 1. The highest BCUT2D eigenvalue weighted by atomic mass is 35.5. The minimum atomic E-state index is -0.167. The standard InChI is InChI=1S/C11H17N3O2.ClH/c12-7-8-3-1-2-4-9(8)13-11(15)10-5-6-16-14-10;/h5-6,8-9H,1-4,7,12H2,(H,13,15);1H. The molecule has 1 fully saturated rings. The summed E-state index contributed by atoms with van der Waals surface area (Å²) < 4.78 is 4.64. The van der Waals surface area contributed by atoms with Gasteiger partial charge in [-0.25, -0.2) is 0 Å². The normalized spacial score (nSPS) is 23.8. The van der Waals surface area contributed by atoms with Crippen molar-refractivity contribution in [1.29, 1.82) is 0 Å². The van der Waals surface area contributed by atoms with Gasteiger partial charge in [0.2, 0.25) is 0 Å². The van der Waals surface area contributed by atoms with Gasteiger partial charge in [0.25, 0.3) is 5.91 Å². The molecule has 1 aliphatic carbocycles. The number of carbonyl (C=O) groups is 1. The zero-order chi connectivity index (χ0) is 11.4. The van der Waals surface area contributed by atoms with Crippen LogP contribution in [0.4, 0.5) is 0 Å². The fourth-order valence-electron chi connectivity index (χ4n) is 2.25. The Morgan fingerprint density at radius 1 is 1.53 bits per heavy atom. The quantitative estimate of drug-likeness (QED) is 0.858. The van der Waals surface area contributed by atoms with Crippen molar-refractivity contribution in [2.75, 3.05) is 6.54 Å². The van der Waals surface area contributed by atoms with E-state index in [1.54, 1.807) is 6.07 Å². The van der Waals surface area contributed by atoms with Crippen molar-refractivity contribution in [3.05, 3.63) is 18.0 Å². The van der Waals surface area contributed by atoms with Crippen molar-refractivity contribution in [3.63, 3.8) is 0 Å². The number of rotatable bonds is 3. The summed E-state index contributed by atoms with van der Waals surface area (Å²) >= 11 is 0. The van der Waals surface area contributed by atoms with Crippen LogP contribution in [0.15, 0.2) is 16.9 Å². The number of halogens is 1. The van der Waals surface area contributed by atoms with Crippen molar-refractivity contribution in [1.82, 2.24) is 10.5 Å². The average molecular weight is 260 g/mol. The van der Waals surface area contributed by atoms with Crippen LogP contribution in [0.2, 0.25) is 0 Å². The predicted octanol–water partition coefficient (Wildman–Crippen LogP) is 1.34. The van der Waals surface area contributed by atoms with Crippen LogP contribution in [0.5, 0.6) is 0 Å². The van der Waals surface area contributed by atoms with Crippen LogP contribution in [0.25, 0.3) is 0 Å². The largest absolute Gasteiger partial charge is 0.364 e. The minimum absolute atomic E-state index is 0. The molecule has 1 aliphatic rings. The highest BCUT2D eigenvalue weighted by molar-refractivity contribution is 5.92. The number of hydrogen-bond donors (Lipinski definition) is 2. The molecule has 6 heteroatoms. The molecule has 0 radical (unpaired) electrons. The van der Waals surface area contributed by atoms with E-state index in [0.717, 1.165) is 19.3 Å². The van der Waals surface area contributed by atoms with E-state index >= 15 is 0 Å². The Bertz CT molecular complexity index is 342. The SMILES string of the molecule is Cl.NCC1CCCCC1NC(=O)c1ccon1. The number of amides is 1. The van der Waals surface area contributed by atoms with E-state index in [0.29, 0.717) is 18.2 Å². The molecule has 0 aromatic carbocycles. The Balaban J connectivity index is 0.00000144. The van der Waals surface area contributed by atoms with Gasteiger partial charge < -0.3 is 15.6 Å². The topological polar surface area (TPSA) is 81.1 Å². The molecular weight excluding hydrogens is 242 g/mol. The molecule has 0 bridgehead atoms. The second kappa shape index (κ2) is 6.61. The lowest BCUT2D eigenvalue weighted by atomic mass is 9.84. The van der Waals surface area contributed by atoms with Crippen LogP contribution >= 0.6 is 12.4 Å². The Labute approximate surface area is 107 Å². The van der Waals surface area contributed by atoms with Crippen molar-refractivity contribution >= 4 is 18.3 Å². The van der Waals surface area contributed by atoms with Crippen LogP contribution < -0.4 is 11.1 Å². The highest BCUT2D eigenvalue weighted by Crippen LogP contribution is 2.23. The van der Waals surface area contributed by atoms with E-state index in [1.165, 1.54) is 12.7 Å². The number of hydrogen-bond acceptors (Lipinski definition) is 4. The van der Waals surface area contributed by atoms with Gasteiger partial charge in [-0.05, 0) is 25.3 Å². The molecular formula is C11H18ClN3O2. The van der Waals surface area contributed by atoms with E-state index in [4.69, 9.17) is 5.73 Å². The van der Waals surface area contributed by atoms with Crippen LogP contribution in [0.3, 0.4) is 0 Å². The van der Waals surface area contributed by atoms with Gasteiger partial charge >= 0.3 is 0 Å². The van der Waals surface area contributed by atoms with Gasteiger partial charge in [-0.3, -0.25) is 4.79 Å². The maximum absolute atomic E-state index is 11.8. The number of carbonyl (C=O) groups excluding carboxylic acids is 1. The van der Waals surface area contributed by atoms with Crippen molar-refractivity contribution in [3.8, 4) is 0 Å². The highest BCUT2D eigenvalue weighted by Gasteiger charge is 2.26. The van der Waals surface area contributed by atoms with E-state index in [2.05, 4.69) is 15.0 Å². The maximum atomic E-state index is 11.8. The Morgan fingerprint density at radius 3 is 2.94 bits per heavy atom. The fraction of sp³-hybridized carbons (Fsp3) is 0.636. The number of nitrogens with two attached hydrogens (primary N) is 1. The Morgan fingerprint density at radius 2 is 2.29 bits per heavy atom. The average Bonchev–Trinajstić information content (AvgIpc) is 2.83. The summed E-state index contributed by atoms with van der Waals surface area (Å²) in [4.78, 5) is 11.8. The molecule has 5 nitrogen and oxygen atoms in total. The van der Waals surface area contributed by atoms with E-state index in [9.17, 15) is 4.79 Å². The van der Waals surface area contributed by atoms with Crippen LogP contribution in [-0.2, 0) is 0 Å². The van der Waals surface area contributed by atoms with E-state index in [-0.39, 0.29) is 24.4 Å². The third-order valence-electron chi connectivity index (χ3n) is 3.20. The van der Waals surface area contributed by atoms with Gasteiger partial charge in [0.05, 0.1) is 0 Å². The Kier molecular flexibility index (Phi) is 5.44. The van der Waals surface area contributed by atoms with Crippen molar-refractivity contribution in [2.24, 2.45) is 11.7 Å². The van der Waals surface area contributed by atoms with Gasteiger partial charge in [0.15, 0.2) is 5.69 Å². The lowest BCUT2D eigenvalue weighted by Crippen LogP contribution is -2.44. The summed E-state index contributed by atoms with van der Waals surface area (Å²) in [6.45, 7) is 0.629. The molecule has 1 saturated carbocycles. The minimum Gasteiger partial charge on any atom is -0.364 e. The van der Waals surface area contributed by atoms with Gasteiger partial charge in [0, 0.05) is 12.1 Å². The first-order valence-corrected chi connectivity index (χ1v) is 5.72. The predicted molar refractivity (Wildman–Crippen MR) is 66.0 cm³/mol. The first-order valence-electron chi connectivity index (χ1n) is 5.72. The first-order chi connectivity index (χ1) is 7.81. The van der Waals surface area contributed by atoms with Gasteiger partial charge in [-0.2, -0.15) is 0 Å². The van der Waals surface area contributed by atoms with Gasteiger partial charge in [-0.15, -0.1) is 12.4 Å². The maximum Gasteiger partial charge on any atom is 0.273 e. The molecule has 17 heavy (non-hydrogen) atoms. The first kappa shape index (κ1) is 14.0. The van der Waals surface area contributed by atoms with Gasteiger partial charge in [0.1, 0.15) is 6.26 Å². The molecule has 0 aliphatic heterocycles. The molecule has 2 rings (SSSR count). The zero-order valence-electron chi connectivity index (χ0n) is 9.59.